The van der Waals surface area contributed by atoms with Gasteiger partial charge >= 0.3 is 5.97 Å². The van der Waals surface area contributed by atoms with E-state index < -0.39 is 0 Å². The van der Waals surface area contributed by atoms with Gasteiger partial charge in [0, 0.05) is 0 Å². The minimum Gasteiger partial charge on any atom is -0.469 e. The monoisotopic (exact) mass is 256 g/mol. The summed E-state index contributed by atoms with van der Waals surface area (Å²) in [4.78, 5) is 11.2. The second-order valence-electron chi connectivity index (χ2n) is 5.66. The zero-order valence-electron chi connectivity index (χ0n) is 12.8. The Labute approximate surface area is 113 Å². The topological polar surface area (TPSA) is 26.3 Å². The van der Waals surface area contributed by atoms with Crippen LogP contribution in [0.25, 0.3) is 0 Å². The molecule has 0 saturated heterocycles. The fraction of sp³-hybridized carbons (Fsp3) is 0.938. The largest absolute Gasteiger partial charge is 0.469 e. The molecule has 0 aliphatic carbocycles. The lowest BCUT2D eigenvalue weighted by Gasteiger charge is -2.10. The number of methoxy groups -OCH3 is 1. The molecule has 2 unspecified atom stereocenters. The van der Waals surface area contributed by atoms with Gasteiger partial charge in [0.1, 0.15) is 0 Å². The SMILES string of the molecule is CCCC(C)CCCCCCCC(C)C(=O)OC. The molecule has 0 aliphatic heterocycles. The van der Waals surface area contributed by atoms with Crippen molar-refractivity contribution in [3.63, 3.8) is 0 Å². The Hall–Kier alpha value is -0.530. The maximum Gasteiger partial charge on any atom is 0.308 e. The van der Waals surface area contributed by atoms with E-state index in [-0.39, 0.29) is 11.9 Å². The minimum atomic E-state index is -0.0663. The summed E-state index contributed by atoms with van der Waals surface area (Å²) in [6, 6.07) is 0. The van der Waals surface area contributed by atoms with E-state index in [1.54, 1.807) is 0 Å². The Bertz CT molecular complexity index is 201. The average molecular weight is 256 g/mol. The first-order valence-corrected chi connectivity index (χ1v) is 7.69. The van der Waals surface area contributed by atoms with Gasteiger partial charge in [0.2, 0.25) is 0 Å². The van der Waals surface area contributed by atoms with Crippen LogP contribution in [0.2, 0.25) is 0 Å². The van der Waals surface area contributed by atoms with E-state index in [1.807, 2.05) is 6.92 Å². The van der Waals surface area contributed by atoms with E-state index in [2.05, 4.69) is 13.8 Å². The number of hydrogen-bond acceptors (Lipinski definition) is 2. The Kier molecular flexibility index (Phi) is 11.2. The highest BCUT2D eigenvalue weighted by Crippen LogP contribution is 2.17. The number of unbranched alkanes of at least 4 members (excludes halogenated alkanes) is 4. The van der Waals surface area contributed by atoms with Crippen LogP contribution in [0.3, 0.4) is 0 Å². The summed E-state index contributed by atoms with van der Waals surface area (Å²) in [6.45, 7) is 6.58. The molecule has 0 bridgehead atoms. The fourth-order valence-corrected chi connectivity index (χ4v) is 2.43. The number of rotatable bonds is 11. The third-order valence-corrected chi connectivity index (χ3v) is 3.72. The molecule has 0 amide bonds. The lowest BCUT2D eigenvalue weighted by Crippen LogP contribution is -2.12. The summed E-state index contributed by atoms with van der Waals surface area (Å²) >= 11 is 0. The lowest BCUT2D eigenvalue weighted by atomic mass is 9.97. The molecule has 0 radical (unpaired) electrons. The zero-order chi connectivity index (χ0) is 13.8. The fourth-order valence-electron chi connectivity index (χ4n) is 2.43. The minimum absolute atomic E-state index is 0.0663. The number of carbonyl (C=O) groups excluding carboxylic acids is 1. The predicted octanol–water partition coefficient (Wildman–Crippen LogP) is 4.96. The molecule has 0 aliphatic rings. The second-order valence-corrected chi connectivity index (χ2v) is 5.66. The van der Waals surface area contributed by atoms with Crippen molar-refractivity contribution in [1.29, 1.82) is 0 Å². The van der Waals surface area contributed by atoms with Gasteiger partial charge in [-0.1, -0.05) is 72.1 Å². The Balaban J connectivity index is 3.28. The van der Waals surface area contributed by atoms with Crippen LogP contribution in [0.15, 0.2) is 0 Å². The Morgan fingerprint density at radius 3 is 2.06 bits per heavy atom. The molecule has 2 nitrogen and oxygen atoms in total. The number of esters is 1. The normalized spacial score (nSPS) is 14.2. The molecule has 0 aromatic rings. The van der Waals surface area contributed by atoms with Crippen LogP contribution in [0, 0.1) is 11.8 Å². The summed E-state index contributed by atoms with van der Waals surface area (Å²) in [5.74, 6) is 0.900. The average Bonchev–Trinajstić information content (AvgIpc) is 2.36. The molecule has 2 atom stereocenters. The van der Waals surface area contributed by atoms with Crippen LogP contribution in [-0.4, -0.2) is 13.1 Å². The van der Waals surface area contributed by atoms with Crippen molar-refractivity contribution in [3.05, 3.63) is 0 Å². The van der Waals surface area contributed by atoms with Gasteiger partial charge in [-0.15, -0.1) is 0 Å². The molecule has 18 heavy (non-hydrogen) atoms. The van der Waals surface area contributed by atoms with Crippen LogP contribution in [0.1, 0.15) is 78.6 Å². The summed E-state index contributed by atoms with van der Waals surface area (Å²) < 4.78 is 4.72. The van der Waals surface area contributed by atoms with Gasteiger partial charge in [0.15, 0.2) is 0 Å². The molecule has 0 rings (SSSR count). The second kappa shape index (κ2) is 11.6. The van der Waals surface area contributed by atoms with Crippen molar-refractivity contribution in [3.8, 4) is 0 Å². The van der Waals surface area contributed by atoms with Gasteiger partial charge in [-0.3, -0.25) is 4.79 Å². The molecule has 0 saturated carbocycles. The first-order chi connectivity index (χ1) is 8.61. The summed E-state index contributed by atoms with van der Waals surface area (Å²) in [6.07, 6.45) is 11.5. The first-order valence-electron chi connectivity index (χ1n) is 7.69. The van der Waals surface area contributed by atoms with E-state index in [9.17, 15) is 4.79 Å². The van der Waals surface area contributed by atoms with Crippen LogP contribution in [0.5, 0.6) is 0 Å². The molecule has 0 aromatic carbocycles. The quantitative estimate of drug-likeness (QED) is 0.385. The van der Waals surface area contributed by atoms with Gasteiger partial charge in [0.05, 0.1) is 13.0 Å². The molecule has 0 fully saturated rings. The summed E-state index contributed by atoms with van der Waals surface area (Å²) in [5.41, 5.74) is 0. The molecular formula is C16H32O2. The number of ether oxygens (including phenoxy) is 1. The van der Waals surface area contributed by atoms with Gasteiger partial charge in [-0.05, 0) is 12.3 Å². The van der Waals surface area contributed by atoms with Gasteiger partial charge in [-0.25, -0.2) is 0 Å². The lowest BCUT2D eigenvalue weighted by molar-refractivity contribution is -0.145. The summed E-state index contributed by atoms with van der Waals surface area (Å²) in [7, 11) is 1.47. The highest BCUT2D eigenvalue weighted by Gasteiger charge is 2.11. The van der Waals surface area contributed by atoms with Crippen LogP contribution >= 0.6 is 0 Å². The standard InChI is InChI=1S/C16H32O2/c1-5-11-14(2)12-9-7-6-8-10-13-15(3)16(17)18-4/h14-15H,5-13H2,1-4H3. The molecule has 0 heterocycles. The van der Waals surface area contributed by atoms with E-state index in [0.717, 1.165) is 18.8 Å². The van der Waals surface area contributed by atoms with Crippen LogP contribution in [-0.2, 0) is 9.53 Å². The predicted molar refractivity (Wildman–Crippen MR) is 77.6 cm³/mol. The molecule has 2 heteroatoms. The van der Waals surface area contributed by atoms with Gasteiger partial charge in [-0.2, -0.15) is 0 Å². The number of carbonyl (C=O) groups is 1. The van der Waals surface area contributed by atoms with Crippen molar-refractivity contribution in [2.24, 2.45) is 11.8 Å². The van der Waals surface area contributed by atoms with Gasteiger partial charge in [0.25, 0.3) is 0 Å². The van der Waals surface area contributed by atoms with Crippen molar-refractivity contribution < 1.29 is 9.53 Å². The smallest absolute Gasteiger partial charge is 0.308 e. The zero-order valence-corrected chi connectivity index (χ0v) is 12.8. The Morgan fingerprint density at radius 2 is 1.50 bits per heavy atom. The summed E-state index contributed by atoms with van der Waals surface area (Å²) in [5, 5.41) is 0. The molecule has 0 spiro atoms. The maximum absolute atomic E-state index is 11.2. The van der Waals surface area contributed by atoms with Crippen molar-refractivity contribution in [2.75, 3.05) is 7.11 Å². The first kappa shape index (κ1) is 17.5. The third-order valence-electron chi connectivity index (χ3n) is 3.72. The Morgan fingerprint density at radius 1 is 0.944 bits per heavy atom. The highest BCUT2D eigenvalue weighted by atomic mass is 16.5. The van der Waals surface area contributed by atoms with E-state index in [0.29, 0.717) is 0 Å². The molecule has 0 N–H and O–H groups in total. The van der Waals surface area contributed by atoms with Crippen molar-refractivity contribution in [1.82, 2.24) is 0 Å². The molecule has 108 valence electrons. The van der Waals surface area contributed by atoms with Crippen LogP contribution < -0.4 is 0 Å². The number of hydrogen-bond donors (Lipinski definition) is 0. The maximum atomic E-state index is 11.2. The molecular weight excluding hydrogens is 224 g/mol. The van der Waals surface area contributed by atoms with Crippen molar-refractivity contribution >= 4 is 5.97 Å². The van der Waals surface area contributed by atoms with Crippen molar-refractivity contribution in [2.45, 2.75) is 78.6 Å². The van der Waals surface area contributed by atoms with E-state index in [4.69, 9.17) is 4.74 Å². The van der Waals surface area contributed by atoms with Gasteiger partial charge < -0.3 is 4.74 Å². The molecule has 0 aromatic heterocycles. The third kappa shape index (κ3) is 9.49. The van der Waals surface area contributed by atoms with E-state index >= 15 is 0 Å². The van der Waals surface area contributed by atoms with Crippen LogP contribution in [0.4, 0.5) is 0 Å². The van der Waals surface area contributed by atoms with E-state index in [1.165, 1.54) is 52.1 Å². The highest BCUT2D eigenvalue weighted by molar-refractivity contribution is 5.71.